The molecule has 1 fully saturated rings. The first-order valence-corrected chi connectivity index (χ1v) is 6.11. The van der Waals surface area contributed by atoms with Gasteiger partial charge >= 0.3 is 5.97 Å². The monoisotopic (exact) mass is 251 g/mol. The van der Waals surface area contributed by atoms with Gasteiger partial charge in [-0.1, -0.05) is 0 Å². The molecule has 0 radical (unpaired) electrons. The first-order valence-electron chi connectivity index (χ1n) is 6.11. The number of carboxylic acids is 1. The van der Waals surface area contributed by atoms with Crippen molar-refractivity contribution in [3.05, 3.63) is 17.5 Å². The molecule has 0 bridgehead atoms. The Morgan fingerprint density at radius 3 is 2.94 bits per heavy atom. The summed E-state index contributed by atoms with van der Waals surface area (Å²) < 4.78 is 0. The van der Waals surface area contributed by atoms with Crippen molar-refractivity contribution in [1.82, 2.24) is 15.1 Å². The third kappa shape index (κ3) is 2.69. The fraction of sp³-hybridized carbons (Fsp3) is 0.583. The van der Waals surface area contributed by atoms with E-state index in [1.807, 2.05) is 6.92 Å². The van der Waals surface area contributed by atoms with E-state index in [4.69, 9.17) is 5.11 Å². The van der Waals surface area contributed by atoms with Crippen molar-refractivity contribution < 1.29 is 14.7 Å². The minimum atomic E-state index is -0.916. The molecule has 2 heterocycles. The van der Waals surface area contributed by atoms with E-state index in [9.17, 15) is 9.59 Å². The zero-order valence-electron chi connectivity index (χ0n) is 10.3. The highest BCUT2D eigenvalue weighted by Gasteiger charge is 2.31. The van der Waals surface area contributed by atoms with Crippen LogP contribution in [0.3, 0.4) is 0 Å². The summed E-state index contributed by atoms with van der Waals surface area (Å²) in [5.41, 5.74) is 1.55. The first kappa shape index (κ1) is 12.6. The molecule has 6 nitrogen and oxygen atoms in total. The third-order valence-electron chi connectivity index (χ3n) is 3.20. The first-order chi connectivity index (χ1) is 8.58. The number of likely N-dealkylation sites (tertiary alicyclic amines) is 1. The minimum absolute atomic E-state index is 0.159. The van der Waals surface area contributed by atoms with Crippen molar-refractivity contribution in [3.8, 4) is 0 Å². The average Bonchev–Trinajstić information content (AvgIpc) is 2.74. The van der Waals surface area contributed by atoms with Crippen LogP contribution in [-0.4, -0.2) is 44.7 Å². The van der Waals surface area contributed by atoms with Gasteiger partial charge in [0.1, 0.15) is 6.04 Å². The Morgan fingerprint density at radius 1 is 1.56 bits per heavy atom. The van der Waals surface area contributed by atoms with E-state index in [-0.39, 0.29) is 12.3 Å². The molecule has 2 rings (SSSR count). The zero-order valence-corrected chi connectivity index (χ0v) is 10.3. The Morgan fingerprint density at radius 2 is 2.33 bits per heavy atom. The number of aromatic nitrogens is 2. The van der Waals surface area contributed by atoms with Crippen molar-refractivity contribution in [2.24, 2.45) is 0 Å². The van der Waals surface area contributed by atoms with Crippen molar-refractivity contribution >= 4 is 11.9 Å². The van der Waals surface area contributed by atoms with Gasteiger partial charge in [-0.15, -0.1) is 0 Å². The molecule has 0 saturated carbocycles. The number of aromatic amines is 1. The Labute approximate surface area is 105 Å². The molecule has 6 heteroatoms. The second-order valence-electron chi connectivity index (χ2n) is 4.66. The lowest BCUT2D eigenvalue weighted by molar-refractivity contribution is -0.151. The Balaban J connectivity index is 2.04. The molecule has 18 heavy (non-hydrogen) atoms. The molecule has 1 aliphatic rings. The number of aliphatic carboxylic acids is 1. The maximum atomic E-state index is 12.1. The number of hydrogen-bond acceptors (Lipinski definition) is 3. The Kier molecular flexibility index (Phi) is 3.64. The Bertz CT molecular complexity index is 455. The fourth-order valence-corrected chi connectivity index (χ4v) is 2.31. The predicted octanol–water partition coefficient (Wildman–Crippen LogP) is 0.726. The van der Waals surface area contributed by atoms with Crippen LogP contribution in [0.2, 0.25) is 0 Å². The topological polar surface area (TPSA) is 86.3 Å². The quantitative estimate of drug-likeness (QED) is 0.829. The molecule has 1 aromatic rings. The summed E-state index contributed by atoms with van der Waals surface area (Å²) in [6, 6.07) is 1.13. The van der Waals surface area contributed by atoms with E-state index >= 15 is 0 Å². The fourth-order valence-electron chi connectivity index (χ4n) is 2.31. The molecule has 0 aromatic carbocycles. The zero-order chi connectivity index (χ0) is 13.1. The number of rotatable bonds is 3. The normalized spacial score (nSPS) is 19.8. The molecule has 1 atom stereocenters. The molecule has 1 aromatic heterocycles. The number of amides is 1. The number of carbonyl (C=O) groups excluding carboxylic acids is 1. The lowest BCUT2D eigenvalue weighted by Gasteiger charge is -2.32. The van der Waals surface area contributed by atoms with Crippen LogP contribution in [0.1, 0.15) is 30.7 Å². The van der Waals surface area contributed by atoms with E-state index in [1.54, 1.807) is 6.07 Å². The maximum absolute atomic E-state index is 12.1. The standard InChI is InChI=1S/C12H17N3O3/c1-8-6-9(14-13-8)7-11(16)15-5-3-2-4-10(15)12(17)18/h6,10H,2-5,7H2,1H3,(H,13,14)(H,17,18). The van der Waals surface area contributed by atoms with Gasteiger partial charge in [-0.25, -0.2) is 4.79 Å². The van der Waals surface area contributed by atoms with Crippen LogP contribution in [0.5, 0.6) is 0 Å². The number of nitrogens with one attached hydrogen (secondary N) is 1. The van der Waals surface area contributed by atoms with Crippen LogP contribution in [-0.2, 0) is 16.0 Å². The number of carbonyl (C=O) groups is 2. The number of nitrogens with zero attached hydrogens (tertiary/aromatic N) is 2. The number of carboxylic acid groups (broad SMARTS) is 1. The molecule has 1 aliphatic heterocycles. The highest BCUT2D eigenvalue weighted by molar-refractivity contribution is 5.85. The molecule has 1 saturated heterocycles. The lowest BCUT2D eigenvalue weighted by atomic mass is 10.0. The van der Waals surface area contributed by atoms with Gasteiger partial charge in [0, 0.05) is 12.2 Å². The van der Waals surface area contributed by atoms with Crippen LogP contribution in [0, 0.1) is 6.92 Å². The number of piperidine rings is 1. The van der Waals surface area contributed by atoms with Gasteiger partial charge in [-0.2, -0.15) is 5.10 Å². The van der Waals surface area contributed by atoms with E-state index in [0.29, 0.717) is 18.7 Å². The minimum Gasteiger partial charge on any atom is -0.480 e. The third-order valence-corrected chi connectivity index (χ3v) is 3.20. The SMILES string of the molecule is Cc1cc(CC(=O)N2CCCCC2C(=O)O)n[nH]1. The molecule has 0 aliphatic carbocycles. The van der Waals surface area contributed by atoms with E-state index in [2.05, 4.69) is 10.2 Å². The lowest BCUT2D eigenvalue weighted by Crippen LogP contribution is -2.48. The highest BCUT2D eigenvalue weighted by Crippen LogP contribution is 2.18. The average molecular weight is 251 g/mol. The van der Waals surface area contributed by atoms with Crippen molar-refractivity contribution in [1.29, 1.82) is 0 Å². The Hall–Kier alpha value is -1.85. The van der Waals surface area contributed by atoms with Crippen LogP contribution in [0.15, 0.2) is 6.07 Å². The molecule has 2 N–H and O–H groups in total. The summed E-state index contributed by atoms with van der Waals surface area (Å²) >= 11 is 0. The summed E-state index contributed by atoms with van der Waals surface area (Å²) in [5, 5.41) is 15.9. The highest BCUT2D eigenvalue weighted by atomic mass is 16.4. The molecule has 1 unspecified atom stereocenters. The summed E-state index contributed by atoms with van der Waals surface area (Å²) in [6.45, 7) is 2.39. The molecular weight excluding hydrogens is 234 g/mol. The van der Waals surface area contributed by atoms with Gasteiger partial charge in [0.25, 0.3) is 0 Å². The molecule has 0 spiro atoms. The van der Waals surface area contributed by atoms with Crippen molar-refractivity contribution in [2.75, 3.05) is 6.54 Å². The van der Waals surface area contributed by atoms with Gasteiger partial charge in [0.2, 0.25) is 5.91 Å². The molecular formula is C12H17N3O3. The smallest absolute Gasteiger partial charge is 0.326 e. The van der Waals surface area contributed by atoms with Crippen LogP contribution in [0.25, 0.3) is 0 Å². The van der Waals surface area contributed by atoms with E-state index in [0.717, 1.165) is 18.5 Å². The summed E-state index contributed by atoms with van der Waals surface area (Å²) in [6.07, 6.45) is 2.44. The van der Waals surface area contributed by atoms with Crippen LogP contribution < -0.4 is 0 Å². The number of H-pyrrole nitrogens is 1. The van der Waals surface area contributed by atoms with Crippen LogP contribution in [0.4, 0.5) is 0 Å². The summed E-state index contributed by atoms with van der Waals surface area (Å²) in [5.74, 6) is -1.07. The van der Waals surface area contributed by atoms with Crippen LogP contribution >= 0.6 is 0 Å². The van der Waals surface area contributed by atoms with Gasteiger partial charge < -0.3 is 10.0 Å². The second-order valence-corrected chi connectivity index (χ2v) is 4.66. The summed E-state index contributed by atoms with van der Waals surface area (Å²) in [7, 11) is 0. The predicted molar refractivity (Wildman–Crippen MR) is 64.0 cm³/mol. The van der Waals surface area contributed by atoms with E-state index in [1.165, 1.54) is 4.90 Å². The largest absolute Gasteiger partial charge is 0.480 e. The van der Waals surface area contributed by atoms with Gasteiger partial charge in [0.15, 0.2) is 0 Å². The number of aryl methyl sites for hydroxylation is 1. The summed E-state index contributed by atoms with van der Waals surface area (Å²) in [4.78, 5) is 24.7. The maximum Gasteiger partial charge on any atom is 0.326 e. The van der Waals surface area contributed by atoms with E-state index < -0.39 is 12.0 Å². The van der Waals surface area contributed by atoms with Crippen molar-refractivity contribution in [3.63, 3.8) is 0 Å². The second kappa shape index (κ2) is 5.20. The number of hydrogen-bond donors (Lipinski definition) is 2. The van der Waals surface area contributed by atoms with Gasteiger partial charge in [0.05, 0.1) is 12.1 Å². The molecule has 98 valence electrons. The molecule has 1 amide bonds. The van der Waals surface area contributed by atoms with Crippen molar-refractivity contribution in [2.45, 2.75) is 38.6 Å². The van der Waals surface area contributed by atoms with Gasteiger partial charge in [-0.05, 0) is 32.3 Å². The van der Waals surface area contributed by atoms with Gasteiger partial charge in [-0.3, -0.25) is 9.89 Å².